The van der Waals surface area contributed by atoms with E-state index in [0.717, 1.165) is 6.42 Å². The van der Waals surface area contributed by atoms with Crippen molar-refractivity contribution in [3.63, 3.8) is 0 Å². The van der Waals surface area contributed by atoms with Gasteiger partial charge in [0.15, 0.2) is 0 Å². The quantitative estimate of drug-likeness (QED) is 0.261. The first kappa shape index (κ1) is 19.0. The van der Waals surface area contributed by atoms with Crippen LogP contribution < -0.4 is 0 Å². The Balaban J connectivity index is 2.26. The third kappa shape index (κ3) is 8.41. The third-order valence-corrected chi connectivity index (χ3v) is 4.58. The van der Waals surface area contributed by atoms with Gasteiger partial charge in [0.05, 0.1) is 7.11 Å². The van der Waals surface area contributed by atoms with Crippen LogP contribution in [0.4, 0.5) is 0 Å². The average molecular weight is 306 g/mol. The molecule has 126 valence electrons. The molecular formula is C20H34O2. The Morgan fingerprint density at radius 1 is 1.00 bits per heavy atom. The second-order valence-electron chi connectivity index (χ2n) is 6.42. The van der Waals surface area contributed by atoms with Crippen LogP contribution in [-0.2, 0) is 9.53 Å². The van der Waals surface area contributed by atoms with Crippen LogP contribution in [-0.4, -0.2) is 13.1 Å². The zero-order valence-electron chi connectivity index (χ0n) is 14.7. The van der Waals surface area contributed by atoms with Crippen molar-refractivity contribution >= 4 is 5.97 Å². The summed E-state index contributed by atoms with van der Waals surface area (Å²) in [5.74, 6) is -0.246. The molecule has 1 rings (SSSR count). The number of methoxy groups -OCH3 is 1. The number of unbranched alkanes of at least 4 members (excludes halogenated alkanes) is 7. The molecule has 0 unspecified atom stereocenters. The number of ether oxygens (including phenoxy) is 1. The standard InChI is InChI=1S/C20H34O2/c1-3-4-5-6-7-8-9-10-13-18-14-11-12-15-19(18)16-17-20(21)22-2/h16-17H,3-15H2,1-2H3/b17-16+. The van der Waals surface area contributed by atoms with Crippen molar-refractivity contribution in [2.75, 3.05) is 7.11 Å². The Bertz CT molecular complexity index is 366. The summed E-state index contributed by atoms with van der Waals surface area (Å²) < 4.78 is 4.68. The second-order valence-corrected chi connectivity index (χ2v) is 6.42. The molecule has 0 fully saturated rings. The Morgan fingerprint density at radius 3 is 2.32 bits per heavy atom. The Labute approximate surface area is 137 Å². The zero-order valence-corrected chi connectivity index (χ0v) is 14.7. The first-order valence-corrected chi connectivity index (χ1v) is 9.24. The molecule has 0 heterocycles. The van der Waals surface area contributed by atoms with Crippen LogP contribution in [0.2, 0.25) is 0 Å². The first-order chi connectivity index (χ1) is 10.8. The van der Waals surface area contributed by atoms with E-state index in [0.29, 0.717) is 0 Å². The monoisotopic (exact) mass is 306 g/mol. The molecule has 0 aromatic carbocycles. The molecule has 2 heteroatoms. The minimum Gasteiger partial charge on any atom is -0.466 e. The van der Waals surface area contributed by atoms with Crippen molar-refractivity contribution in [2.24, 2.45) is 0 Å². The van der Waals surface area contributed by atoms with Gasteiger partial charge in [-0.05, 0) is 44.1 Å². The fourth-order valence-corrected chi connectivity index (χ4v) is 3.19. The molecule has 0 bridgehead atoms. The molecule has 0 aromatic rings. The van der Waals surface area contributed by atoms with Gasteiger partial charge < -0.3 is 4.74 Å². The summed E-state index contributed by atoms with van der Waals surface area (Å²) in [5.41, 5.74) is 2.97. The lowest BCUT2D eigenvalue weighted by atomic mass is 9.88. The molecule has 2 nitrogen and oxygen atoms in total. The smallest absolute Gasteiger partial charge is 0.330 e. The molecule has 0 spiro atoms. The van der Waals surface area contributed by atoms with Gasteiger partial charge in [0.2, 0.25) is 0 Å². The van der Waals surface area contributed by atoms with E-state index in [9.17, 15) is 4.79 Å². The van der Waals surface area contributed by atoms with Crippen molar-refractivity contribution in [3.05, 3.63) is 23.3 Å². The lowest BCUT2D eigenvalue weighted by Gasteiger charge is -2.18. The predicted octanol–water partition coefficient (Wildman–Crippen LogP) is 6.12. The van der Waals surface area contributed by atoms with E-state index in [2.05, 4.69) is 11.7 Å². The van der Waals surface area contributed by atoms with Gasteiger partial charge in [0.1, 0.15) is 0 Å². The van der Waals surface area contributed by atoms with Crippen molar-refractivity contribution in [2.45, 2.75) is 90.4 Å². The van der Waals surface area contributed by atoms with Gasteiger partial charge in [-0.25, -0.2) is 4.79 Å². The fourth-order valence-electron chi connectivity index (χ4n) is 3.19. The van der Waals surface area contributed by atoms with E-state index in [1.807, 2.05) is 6.08 Å². The average Bonchev–Trinajstić information content (AvgIpc) is 2.56. The normalized spacial score (nSPS) is 15.5. The Morgan fingerprint density at radius 2 is 1.64 bits per heavy atom. The number of hydrogen-bond donors (Lipinski definition) is 0. The van der Waals surface area contributed by atoms with Crippen LogP contribution in [0.3, 0.4) is 0 Å². The summed E-state index contributed by atoms with van der Waals surface area (Å²) in [5, 5.41) is 0. The van der Waals surface area contributed by atoms with E-state index in [-0.39, 0.29) is 5.97 Å². The molecule has 0 saturated carbocycles. The van der Waals surface area contributed by atoms with Crippen LogP contribution in [0, 0.1) is 0 Å². The SMILES string of the molecule is CCCCCCCCCCC1=C(/C=C/C(=O)OC)CCCC1. The van der Waals surface area contributed by atoms with Gasteiger partial charge in [0, 0.05) is 6.08 Å². The molecule has 1 aliphatic rings. The highest BCUT2D eigenvalue weighted by Crippen LogP contribution is 2.29. The molecule has 1 aliphatic carbocycles. The largest absolute Gasteiger partial charge is 0.466 e. The zero-order chi connectivity index (χ0) is 16.0. The third-order valence-electron chi connectivity index (χ3n) is 4.58. The fraction of sp³-hybridized carbons (Fsp3) is 0.750. The Hall–Kier alpha value is -1.05. The highest BCUT2D eigenvalue weighted by molar-refractivity contribution is 5.82. The summed E-state index contributed by atoms with van der Waals surface area (Å²) in [6, 6.07) is 0. The van der Waals surface area contributed by atoms with Gasteiger partial charge in [0.25, 0.3) is 0 Å². The summed E-state index contributed by atoms with van der Waals surface area (Å²) in [6.45, 7) is 2.27. The molecule has 0 N–H and O–H groups in total. The molecule has 0 saturated heterocycles. The summed E-state index contributed by atoms with van der Waals surface area (Å²) in [7, 11) is 1.43. The first-order valence-electron chi connectivity index (χ1n) is 9.24. The van der Waals surface area contributed by atoms with Gasteiger partial charge in [-0.1, -0.05) is 63.5 Å². The molecule has 0 aromatic heterocycles. The summed E-state index contributed by atoms with van der Waals surface area (Å²) in [6.07, 6.45) is 20.7. The highest BCUT2D eigenvalue weighted by Gasteiger charge is 2.10. The lowest BCUT2D eigenvalue weighted by molar-refractivity contribution is -0.134. The number of carbonyl (C=O) groups excluding carboxylic acids is 1. The summed E-state index contributed by atoms with van der Waals surface area (Å²) in [4.78, 5) is 11.2. The minimum absolute atomic E-state index is 0.246. The minimum atomic E-state index is -0.246. The second kappa shape index (κ2) is 12.5. The predicted molar refractivity (Wildman–Crippen MR) is 93.9 cm³/mol. The van der Waals surface area contributed by atoms with Crippen LogP contribution in [0.15, 0.2) is 23.3 Å². The topological polar surface area (TPSA) is 26.3 Å². The number of esters is 1. The molecule has 0 aliphatic heterocycles. The van der Waals surface area contributed by atoms with E-state index in [1.54, 1.807) is 11.6 Å². The molecule has 0 atom stereocenters. The van der Waals surface area contributed by atoms with E-state index in [4.69, 9.17) is 0 Å². The maximum atomic E-state index is 11.2. The van der Waals surface area contributed by atoms with Gasteiger partial charge in [-0.2, -0.15) is 0 Å². The van der Waals surface area contributed by atoms with Crippen molar-refractivity contribution in [1.29, 1.82) is 0 Å². The van der Waals surface area contributed by atoms with Crippen molar-refractivity contribution in [3.8, 4) is 0 Å². The molecule has 22 heavy (non-hydrogen) atoms. The summed E-state index contributed by atoms with van der Waals surface area (Å²) >= 11 is 0. The van der Waals surface area contributed by atoms with Crippen LogP contribution in [0.1, 0.15) is 90.4 Å². The molecule has 0 amide bonds. The number of hydrogen-bond acceptors (Lipinski definition) is 2. The Kier molecular flexibility index (Phi) is 10.8. The van der Waals surface area contributed by atoms with Crippen LogP contribution in [0.5, 0.6) is 0 Å². The maximum Gasteiger partial charge on any atom is 0.330 e. The number of allylic oxidation sites excluding steroid dienone is 3. The molecular weight excluding hydrogens is 272 g/mol. The number of rotatable bonds is 11. The molecule has 0 radical (unpaired) electrons. The van der Waals surface area contributed by atoms with Crippen LogP contribution in [0.25, 0.3) is 0 Å². The lowest BCUT2D eigenvalue weighted by Crippen LogP contribution is -2.00. The number of carbonyl (C=O) groups is 1. The van der Waals surface area contributed by atoms with Gasteiger partial charge in [-0.3, -0.25) is 0 Å². The van der Waals surface area contributed by atoms with Crippen LogP contribution >= 0.6 is 0 Å². The highest BCUT2D eigenvalue weighted by atomic mass is 16.5. The van der Waals surface area contributed by atoms with E-state index >= 15 is 0 Å². The maximum absolute atomic E-state index is 11.2. The van der Waals surface area contributed by atoms with E-state index < -0.39 is 0 Å². The van der Waals surface area contributed by atoms with E-state index in [1.165, 1.54) is 89.7 Å². The van der Waals surface area contributed by atoms with Crippen molar-refractivity contribution in [1.82, 2.24) is 0 Å². The van der Waals surface area contributed by atoms with Gasteiger partial charge in [-0.15, -0.1) is 0 Å². The van der Waals surface area contributed by atoms with Crippen molar-refractivity contribution < 1.29 is 9.53 Å². The van der Waals surface area contributed by atoms with Gasteiger partial charge >= 0.3 is 5.97 Å².